The first-order valence-electron chi connectivity index (χ1n) is 31.1. The number of hydrogen-bond donors (Lipinski definition) is 0. The third-order valence-electron chi connectivity index (χ3n) is 8.87. The van der Waals surface area contributed by atoms with Gasteiger partial charge in [0.2, 0.25) is 0 Å². The molecule has 0 aliphatic carbocycles. The molecule has 0 N–H and O–H groups in total. The third-order valence-corrected chi connectivity index (χ3v) is 18.6. The molecule has 0 heterocycles. The van der Waals surface area contributed by atoms with Gasteiger partial charge in [-0.05, 0) is 0 Å². The zero-order valence-corrected chi connectivity index (χ0v) is 66.8. The molecule has 0 aliphatic heterocycles. The zero-order chi connectivity index (χ0) is 61.4. The Morgan fingerprint density at radius 1 is 0.188 bits per heavy atom. The predicted octanol–water partition coefficient (Wildman–Crippen LogP) is 15.5. The second-order valence-electron chi connectivity index (χ2n) is 24.4. The standard InChI is InChI=1S/5C13H26GeO2/c5*1-5-10-15-12-13-16-11-8-6-7-9-14(2,3)4/h5*5-6,8,10-13H2,1-4H3. The molecular formula is C65H130Ge5O10. The van der Waals surface area contributed by atoms with Crippen LogP contribution < -0.4 is 0 Å². The normalized spacial score (nSPS) is 11.0. The van der Waals surface area contributed by atoms with E-state index in [0.717, 1.165) is 195 Å². The van der Waals surface area contributed by atoms with Crippen LogP contribution in [-0.2, 0) is 47.4 Å². The van der Waals surface area contributed by atoms with Crippen molar-refractivity contribution in [1.82, 2.24) is 0 Å². The molecule has 0 saturated carbocycles. The van der Waals surface area contributed by atoms with E-state index in [2.05, 4.69) is 174 Å². The van der Waals surface area contributed by atoms with Crippen LogP contribution in [-0.4, -0.2) is 198 Å². The first kappa shape index (κ1) is 88.9. The maximum absolute atomic E-state index is 5.43. The maximum atomic E-state index is 5.43. The molecule has 10 nitrogen and oxygen atoms in total. The summed E-state index contributed by atoms with van der Waals surface area (Å²) in [6.45, 7) is 25.9. The summed E-state index contributed by atoms with van der Waals surface area (Å²) in [5.41, 5.74) is 0. The van der Waals surface area contributed by atoms with E-state index >= 15 is 0 Å². The van der Waals surface area contributed by atoms with Gasteiger partial charge in [0, 0.05) is 0 Å². The summed E-state index contributed by atoms with van der Waals surface area (Å²) in [4.78, 5) is 0. The number of unbranched alkanes of at least 4 members (excludes halogenated alkanes) is 5. The van der Waals surface area contributed by atoms with Crippen LogP contribution in [0.1, 0.15) is 131 Å². The van der Waals surface area contributed by atoms with Crippen LogP contribution in [0, 0.1) is 53.4 Å². The second kappa shape index (κ2) is 66.6. The van der Waals surface area contributed by atoms with Gasteiger partial charge in [-0.3, -0.25) is 0 Å². The van der Waals surface area contributed by atoms with Crippen molar-refractivity contribution in [2.24, 2.45) is 0 Å². The fraction of sp³-hybridized carbons (Fsp3) is 0.846. The van der Waals surface area contributed by atoms with Crippen LogP contribution in [0.25, 0.3) is 0 Å². The van der Waals surface area contributed by atoms with Crippen molar-refractivity contribution in [3.05, 3.63) is 0 Å². The molecule has 0 aliphatic rings. The molecule has 0 radical (unpaired) electrons. The SMILES string of the molecule is CCCOCCOCCCC#[C][Ge]([CH3])([CH3])[CH3].CCCOCCOCCCC#[C][Ge]([CH3])([CH3])[CH3].CCCOCCOCCCC#[C][Ge]([CH3])([CH3])[CH3].CCCOCCOCCCC#[C][Ge]([CH3])([CH3])[CH3].CCCOCCOCCCC#[C][Ge]([CH3])([CH3])[CH3]. The summed E-state index contributed by atoms with van der Waals surface area (Å²) in [7, 11) is 0. The van der Waals surface area contributed by atoms with E-state index in [-0.39, 0.29) is 0 Å². The summed E-state index contributed by atoms with van der Waals surface area (Å²) in [5, 5.41) is 0. The summed E-state index contributed by atoms with van der Waals surface area (Å²) in [6, 6.07) is 0. The first-order chi connectivity index (χ1) is 37.8. The van der Waals surface area contributed by atoms with Gasteiger partial charge in [-0.25, -0.2) is 0 Å². The Morgan fingerprint density at radius 2 is 0.312 bits per heavy atom. The van der Waals surface area contributed by atoms with Crippen LogP contribution >= 0.6 is 0 Å². The van der Waals surface area contributed by atoms with Gasteiger partial charge in [-0.2, -0.15) is 0 Å². The predicted molar refractivity (Wildman–Crippen MR) is 361 cm³/mol. The molecule has 0 aromatic rings. The fourth-order valence-electron chi connectivity index (χ4n) is 5.28. The van der Waals surface area contributed by atoms with Crippen molar-refractivity contribution in [3.8, 4) is 53.4 Å². The van der Waals surface area contributed by atoms with Crippen LogP contribution in [0.5, 0.6) is 0 Å². The Bertz CT molecular complexity index is 1330. The number of hydrogen-bond acceptors (Lipinski definition) is 10. The van der Waals surface area contributed by atoms with Gasteiger partial charge in [-0.15, -0.1) is 0 Å². The van der Waals surface area contributed by atoms with Crippen molar-refractivity contribution >= 4 is 66.3 Å². The molecule has 0 aromatic heterocycles. The molecule has 0 amide bonds. The van der Waals surface area contributed by atoms with Crippen molar-refractivity contribution < 1.29 is 47.4 Å². The monoisotopic (exact) mass is 1440 g/mol. The van der Waals surface area contributed by atoms with Crippen LogP contribution in [0.2, 0.25) is 86.3 Å². The van der Waals surface area contributed by atoms with Gasteiger partial charge < -0.3 is 0 Å². The molecule has 0 atom stereocenters. The molecular weight excluding hydrogens is 1300 g/mol. The summed E-state index contributed by atoms with van der Waals surface area (Å²) < 4.78 is 70.7. The summed E-state index contributed by atoms with van der Waals surface area (Å²) in [5.74, 6) is 51.0. The Balaban J connectivity index is -0.000000293. The molecule has 15 heteroatoms. The fourth-order valence-corrected chi connectivity index (χ4v) is 12.2. The topological polar surface area (TPSA) is 92.3 Å². The summed E-state index contributed by atoms with van der Waals surface area (Å²) >= 11 is -8.10. The van der Waals surface area contributed by atoms with Crippen molar-refractivity contribution in [2.45, 2.75) is 217 Å². The first-order valence-corrected chi connectivity index (χ1v) is 67.8. The Kier molecular flexibility index (Phi) is 74.0. The second-order valence-corrected chi connectivity index (χ2v) is 74.2. The van der Waals surface area contributed by atoms with Gasteiger partial charge in [-0.1, -0.05) is 0 Å². The Labute approximate surface area is 512 Å². The molecule has 0 fully saturated rings. The minimum absolute atomic E-state index is 0.713. The van der Waals surface area contributed by atoms with Gasteiger partial charge in [0.15, 0.2) is 0 Å². The Morgan fingerprint density at radius 3 is 0.425 bits per heavy atom. The summed E-state index contributed by atoms with van der Waals surface area (Å²) in [6.07, 6.45) is 15.4. The van der Waals surface area contributed by atoms with Crippen LogP contribution in [0.15, 0.2) is 0 Å². The van der Waals surface area contributed by atoms with E-state index in [0.29, 0.717) is 33.0 Å². The van der Waals surface area contributed by atoms with E-state index in [4.69, 9.17) is 47.4 Å². The average molecular weight is 1430 g/mol. The van der Waals surface area contributed by atoms with E-state index in [1.807, 2.05) is 0 Å². The van der Waals surface area contributed by atoms with E-state index in [9.17, 15) is 0 Å². The van der Waals surface area contributed by atoms with Crippen LogP contribution in [0.4, 0.5) is 0 Å². The third kappa shape index (κ3) is 110. The Hall–Kier alpha value is 0.114. The van der Waals surface area contributed by atoms with Crippen molar-refractivity contribution in [3.63, 3.8) is 0 Å². The molecule has 0 unspecified atom stereocenters. The van der Waals surface area contributed by atoms with Crippen LogP contribution in [0.3, 0.4) is 0 Å². The molecule has 0 rings (SSSR count). The van der Waals surface area contributed by atoms with Crippen molar-refractivity contribution in [1.29, 1.82) is 0 Å². The number of rotatable bonds is 40. The number of ether oxygens (including phenoxy) is 10. The minimum atomic E-state index is -1.62. The van der Waals surface area contributed by atoms with E-state index < -0.39 is 66.3 Å². The van der Waals surface area contributed by atoms with Gasteiger partial charge >= 0.3 is 516 Å². The average Bonchev–Trinajstić information content (AvgIpc) is 3.36. The van der Waals surface area contributed by atoms with Gasteiger partial charge in [0.1, 0.15) is 0 Å². The quantitative estimate of drug-likeness (QED) is 0.0336. The van der Waals surface area contributed by atoms with E-state index in [1.165, 1.54) is 0 Å². The van der Waals surface area contributed by atoms with Crippen molar-refractivity contribution in [2.75, 3.05) is 132 Å². The molecule has 470 valence electrons. The zero-order valence-electron chi connectivity index (χ0n) is 56.3. The van der Waals surface area contributed by atoms with E-state index in [1.54, 1.807) is 0 Å². The van der Waals surface area contributed by atoms with Gasteiger partial charge in [0.25, 0.3) is 0 Å². The molecule has 0 spiro atoms. The molecule has 0 bridgehead atoms. The molecule has 80 heavy (non-hydrogen) atoms. The molecule has 0 saturated heterocycles. The molecule has 0 aromatic carbocycles. The van der Waals surface area contributed by atoms with Gasteiger partial charge in [0.05, 0.1) is 0 Å².